The zero-order valence-corrected chi connectivity index (χ0v) is 11.8. The number of aliphatic imine (C=N–C) groups is 1. The van der Waals surface area contributed by atoms with Crippen molar-refractivity contribution in [1.82, 2.24) is 4.98 Å². The second-order valence-corrected chi connectivity index (χ2v) is 5.11. The third-order valence-corrected chi connectivity index (χ3v) is 3.69. The summed E-state index contributed by atoms with van der Waals surface area (Å²) in [5.41, 5.74) is 2.72. The molecule has 0 atom stereocenters. The van der Waals surface area contributed by atoms with E-state index in [1.54, 1.807) is 18.3 Å². The summed E-state index contributed by atoms with van der Waals surface area (Å²) in [7, 11) is 0. The van der Waals surface area contributed by atoms with Gasteiger partial charge in [0.2, 0.25) is 0 Å². The van der Waals surface area contributed by atoms with Crippen molar-refractivity contribution >= 4 is 16.6 Å². The number of benzene rings is 2. The van der Waals surface area contributed by atoms with E-state index in [1.807, 2.05) is 30.3 Å². The van der Waals surface area contributed by atoms with Crippen molar-refractivity contribution in [2.45, 2.75) is 0 Å². The summed E-state index contributed by atoms with van der Waals surface area (Å²) in [4.78, 5) is 8.96. The Hall–Kier alpha value is -2.75. The van der Waals surface area contributed by atoms with Gasteiger partial charge in [0.15, 0.2) is 0 Å². The molecule has 22 heavy (non-hydrogen) atoms. The average Bonchev–Trinajstić information content (AvgIpc) is 2.78. The van der Waals surface area contributed by atoms with Crippen LogP contribution in [0.4, 0.5) is 4.39 Å². The molecule has 4 heteroatoms. The largest absolute Gasteiger partial charge is 0.491 e. The van der Waals surface area contributed by atoms with Crippen LogP contribution in [0.1, 0.15) is 11.1 Å². The van der Waals surface area contributed by atoms with Crippen LogP contribution in [0.15, 0.2) is 59.7 Å². The Morgan fingerprint density at radius 2 is 1.95 bits per heavy atom. The molecule has 108 valence electrons. The summed E-state index contributed by atoms with van der Waals surface area (Å²) >= 11 is 0. The molecule has 0 N–H and O–H groups in total. The molecule has 2 heterocycles. The summed E-state index contributed by atoms with van der Waals surface area (Å²) in [6.45, 7) is 0.942. The van der Waals surface area contributed by atoms with Crippen LogP contribution >= 0.6 is 0 Å². The summed E-state index contributed by atoms with van der Waals surface area (Å²) < 4.78 is 19.9. The highest BCUT2D eigenvalue weighted by Crippen LogP contribution is 2.27. The third kappa shape index (κ3) is 2.13. The fourth-order valence-corrected chi connectivity index (χ4v) is 2.68. The lowest BCUT2D eigenvalue weighted by atomic mass is 10.0. The van der Waals surface area contributed by atoms with Gasteiger partial charge in [-0.2, -0.15) is 0 Å². The van der Waals surface area contributed by atoms with E-state index in [0.717, 1.165) is 16.5 Å². The van der Waals surface area contributed by atoms with Gasteiger partial charge < -0.3 is 4.74 Å². The highest BCUT2D eigenvalue weighted by molar-refractivity contribution is 6.15. The first-order valence-electron chi connectivity index (χ1n) is 7.14. The second kappa shape index (κ2) is 5.22. The number of pyridine rings is 1. The fraction of sp³-hybridized carbons (Fsp3) is 0.111. The fourth-order valence-electron chi connectivity index (χ4n) is 2.68. The zero-order valence-electron chi connectivity index (χ0n) is 11.8. The lowest BCUT2D eigenvalue weighted by Gasteiger charge is -2.11. The molecule has 0 spiro atoms. The third-order valence-electron chi connectivity index (χ3n) is 3.69. The molecule has 1 aliphatic rings. The molecule has 0 saturated heterocycles. The van der Waals surface area contributed by atoms with E-state index in [2.05, 4.69) is 9.98 Å². The van der Waals surface area contributed by atoms with E-state index in [4.69, 9.17) is 4.74 Å². The molecule has 0 aliphatic carbocycles. The Kier molecular flexibility index (Phi) is 3.07. The quantitative estimate of drug-likeness (QED) is 0.686. The van der Waals surface area contributed by atoms with Crippen LogP contribution in [0.25, 0.3) is 10.9 Å². The first-order chi connectivity index (χ1) is 10.8. The number of ether oxygens (including phenoxy) is 1. The van der Waals surface area contributed by atoms with Gasteiger partial charge in [0.25, 0.3) is 0 Å². The maximum Gasteiger partial charge on any atom is 0.136 e. The number of hydrogen-bond acceptors (Lipinski definition) is 3. The van der Waals surface area contributed by atoms with Gasteiger partial charge in [0.05, 0.1) is 23.3 Å². The van der Waals surface area contributed by atoms with Crippen LogP contribution in [0, 0.1) is 5.82 Å². The van der Waals surface area contributed by atoms with Gasteiger partial charge in [-0.1, -0.05) is 24.3 Å². The van der Waals surface area contributed by atoms with E-state index in [9.17, 15) is 4.39 Å². The van der Waals surface area contributed by atoms with Crippen molar-refractivity contribution in [3.05, 3.63) is 71.7 Å². The molecule has 0 unspecified atom stereocenters. The lowest BCUT2D eigenvalue weighted by Crippen LogP contribution is -2.07. The minimum absolute atomic E-state index is 0.327. The minimum Gasteiger partial charge on any atom is -0.491 e. The molecule has 0 fully saturated rings. The second-order valence-electron chi connectivity index (χ2n) is 5.11. The van der Waals surface area contributed by atoms with Gasteiger partial charge >= 0.3 is 0 Å². The van der Waals surface area contributed by atoms with Crippen LogP contribution in [0.3, 0.4) is 0 Å². The molecular weight excluding hydrogens is 279 g/mol. The van der Waals surface area contributed by atoms with E-state index in [1.165, 1.54) is 6.07 Å². The van der Waals surface area contributed by atoms with Crippen molar-refractivity contribution in [2.75, 3.05) is 13.2 Å². The Morgan fingerprint density at radius 3 is 2.91 bits per heavy atom. The summed E-state index contributed by atoms with van der Waals surface area (Å²) in [5, 5.41) is 1.01. The minimum atomic E-state index is -0.327. The number of nitrogens with zero attached hydrogens (tertiary/aromatic N) is 2. The van der Waals surface area contributed by atoms with Crippen molar-refractivity contribution in [1.29, 1.82) is 0 Å². The molecule has 3 aromatic rings. The van der Waals surface area contributed by atoms with Crippen LogP contribution < -0.4 is 4.74 Å². The van der Waals surface area contributed by atoms with Crippen LogP contribution in [-0.4, -0.2) is 23.8 Å². The molecule has 1 aliphatic heterocycles. The van der Waals surface area contributed by atoms with Crippen molar-refractivity contribution in [3.8, 4) is 5.75 Å². The normalized spacial score (nSPS) is 14.0. The first-order valence-corrected chi connectivity index (χ1v) is 7.14. The Balaban J connectivity index is 1.93. The van der Waals surface area contributed by atoms with Crippen molar-refractivity contribution in [3.63, 3.8) is 0 Å². The van der Waals surface area contributed by atoms with E-state index in [0.29, 0.717) is 30.2 Å². The average molecular weight is 292 g/mol. The number of rotatable bonds is 1. The molecule has 2 aromatic carbocycles. The molecule has 0 bridgehead atoms. The maximum absolute atomic E-state index is 14.3. The topological polar surface area (TPSA) is 34.5 Å². The highest BCUT2D eigenvalue weighted by atomic mass is 19.1. The number of halogens is 1. The predicted molar refractivity (Wildman–Crippen MR) is 84.1 cm³/mol. The van der Waals surface area contributed by atoms with Gasteiger partial charge in [-0.15, -0.1) is 0 Å². The van der Waals surface area contributed by atoms with Gasteiger partial charge in [-0.05, 0) is 24.3 Å². The molecule has 4 rings (SSSR count). The smallest absolute Gasteiger partial charge is 0.136 e. The van der Waals surface area contributed by atoms with Crippen molar-refractivity contribution in [2.24, 2.45) is 4.99 Å². The zero-order chi connectivity index (χ0) is 14.9. The molecule has 3 nitrogen and oxygen atoms in total. The number of para-hydroxylation sites is 1. The van der Waals surface area contributed by atoms with E-state index >= 15 is 0 Å². The molecule has 0 saturated carbocycles. The number of hydrogen-bond donors (Lipinski definition) is 0. The van der Waals surface area contributed by atoms with Gasteiger partial charge in [-0.3, -0.25) is 9.98 Å². The molecule has 0 amide bonds. The highest BCUT2D eigenvalue weighted by Gasteiger charge is 2.20. The predicted octanol–water partition coefficient (Wildman–Crippen LogP) is 3.60. The number of aromatic nitrogens is 1. The van der Waals surface area contributed by atoms with Crippen LogP contribution in [0.5, 0.6) is 5.75 Å². The summed E-state index contributed by atoms with van der Waals surface area (Å²) in [6.07, 6.45) is 1.74. The SMILES string of the molecule is Fc1cccc2c1C(c1cnc3ccccc3c1)=NCCO2. The Labute approximate surface area is 127 Å². The standard InChI is InChI=1S/C18H13FN2O/c19-14-5-3-7-16-17(14)18(20-8-9-22-16)13-10-12-4-1-2-6-15(12)21-11-13/h1-7,10-11H,8-9H2. The van der Waals surface area contributed by atoms with Crippen LogP contribution in [0.2, 0.25) is 0 Å². The van der Waals surface area contributed by atoms with Crippen LogP contribution in [-0.2, 0) is 0 Å². The maximum atomic E-state index is 14.3. The Morgan fingerprint density at radius 1 is 1.05 bits per heavy atom. The Bertz CT molecular complexity index is 889. The van der Waals surface area contributed by atoms with E-state index in [-0.39, 0.29) is 5.82 Å². The van der Waals surface area contributed by atoms with Crippen molar-refractivity contribution < 1.29 is 9.13 Å². The molecule has 1 aromatic heterocycles. The van der Waals surface area contributed by atoms with Gasteiger partial charge in [-0.25, -0.2) is 4.39 Å². The van der Waals surface area contributed by atoms with Gasteiger partial charge in [0, 0.05) is 17.1 Å². The number of fused-ring (bicyclic) bond motifs is 2. The monoisotopic (exact) mass is 292 g/mol. The lowest BCUT2D eigenvalue weighted by molar-refractivity contribution is 0.329. The summed E-state index contributed by atoms with van der Waals surface area (Å²) in [6, 6.07) is 14.7. The van der Waals surface area contributed by atoms with E-state index < -0.39 is 0 Å². The summed E-state index contributed by atoms with van der Waals surface area (Å²) in [5.74, 6) is 0.204. The van der Waals surface area contributed by atoms with Gasteiger partial charge in [0.1, 0.15) is 18.2 Å². The molecule has 0 radical (unpaired) electrons. The molecular formula is C18H13FN2O. The first kappa shape index (κ1) is 13.0.